The summed E-state index contributed by atoms with van der Waals surface area (Å²) < 4.78 is 65.4. The Labute approximate surface area is 214 Å². The topological polar surface area (TPSA) is 220 Å². The van der Waals surface area contributed by atoms with Crippen LogP contribution in [0.15, 0.2) is 21.9 Å². The number of carbonyl (C=O) groups is 2. The molecule has 0 aliphatic carbocycles. The van der Waals surface area contributed by atoms with Gasteiger partial charge in [0.2, 0.25) is 13.6 Å². The van der Waals surface area contributed by atoms with Crippen LogP contribution in [0.1, 0.15) is 20.8 Å². The van der Waals surface area contributed by atoms with E-state index in [1.165, 1.54) is 13.8 Å². The number of hydrogen-bond donors (Lipinski definition) is 3. The van der Waals surface area contributed by atoms with Gasteiger partial charge >= 0.3 is 25.8 Å². The molecule has 1 rings (SSSR count). The number of phosphoric acid groups is 1. The number of aromatic amines is 1. The molecule has 1 heterocycles. The first-order chi connectivity index (χ1) is 17.8. The van der Waals surface area contributed by atoms with Crippen LogP contribution in [0.4, 0.5) is 14.0 Å². The van der Waals surface area contributed by atoms with E-state index in [0.717, 1.165) is 26.3 Å². The van der Waals surface area contributed by atoms with Crippen molar-refractivity contribution in [1.82, 2.24) is 9.55 Å². The highest BCUT2D eigenvalue weighted by Crippen LogP contribution is 2.50. The normalized spacial score (nSPS) is 15.6. The minimum absolute atomic E-state index is 0.0556. The van der Waals surface area contributed by atoms with Crippen molar-refractivity contribution in [1.29, 1.82) is 0 Å². The Balaban J connectivity index is 3.16. The third kappa shape index (κ3) is 9.16. The first-order valence-electron chi connectivity index (χ1n) is 10.8. The highest BCUT2D eigenvalue weighted by Gasteiger charge is 2.51. The number of alkyl halides is 1. The Bertz CT molecular complexity index is 1040. The second kappa shape index (κ2) is 14.9. The first-order valence-corrected chi connectivity index (χ1v) is 12.2. The molecule has 3 atom stereocenters. The highest BCUT2D eigenvalue weighted by atomic mass is 31.2. The summed E-state index contributed by atoms with van der Waals surface area (Å²) >= 11 is 0. The van der Waals surface area contributed by atoms with Gasteiger partial charge in [-0.2, -0.15) is 0 Å². The van der Waals surface area contributed by atoms with Gasteiger partial charge < -0.3 is 33.9 Å². The molecule has 0 saturated heterocycles. The number of aromatic nitrogens is 2. The quantitative estimate of drug-likeness (QED) is 0.137. The van der Waals surface area contributed by atoms with E-state index in [1.807, 2.05) is 4.98 Å². The number of halogens is 1. The van der Waals surface area contributed by atoms with Crippen LogP contribution in [0, 0.1) is 0 Å². The molecule has 218 valence electrons. The van der Waals surface area contributed by atoms with Gasteiger partial charge in [0.05, 0.1) is 19.8 Å². The van der Waals surface area contributed by atoms with Crippen LogP contribution >= 0.6 is 7.82 Å². The van der Waals surface area contributed by atoms with Gasteiger partial charge in [-0.05, 0) is 20.8 Å². The Hall–Kier alpha value is -2.86. The summed E-state index contributed by atoms with van der Waals surface area (Å²) in [6.07, 6.45) is -3.92. The zero-order valence-electron chi connectivity index (χ0n) is 20.9. The lowest BCUT2D eigenvalue weighted by molar-refractivity contribution is -0.228. The molecule has 0 aliphatic rings. The number of hydrogen-bond acceptors (Lipinski definition) is 15. The Morgan fingerprint density at radius 2 is 1.61 bits per heavy atom. The number of methoxy groups -OCH3 is 1. The van der Waals surface area contributed by atoms with E-state index in [0.29, 0.717) is 4.57 Å². The molecular formula is C19H30FN2O15P. The third-order valence-electron chi connectivity index (χ3n) is 4.73. The fraction of sp³-hybridized carbons (Fsp3) is 0.684. The van der Waals surface area contributed by atoms with Gasteiger partial charge in [0.1, 0.15) is 12.8 Å². The van der Waals surface area contributed by atoms with Crippen molar-refractivity contribution >= 4 is 20.1 Å². The van der Waals surface area contributed by atoms with Crippen molar-refractivity contribution in [2.24, 2.45) is 0 Å². The van der Waals surface area contributed by atoms with Crippen molar-refractivity contribution in [2.75, 3.05) is 47.2 Å². The fourth-order valence-electron chi connectivity index (χ4n) is 2.72. The molecule has 0 aromatic carbocycles. The molecule has 19 heteroatoms. The lowest BCUT2D eigenvalue weighted by Crippen LogP contribution is -2.62. The van der Waals surface area contributed by atoms with Crippen molar-refractivity contribution in [2.45, 2.75) is 38.2 Å². The molecule has 38 heavy (non-hydrogen) atoms. The molecule has 3 N–H and O–H groups in total. The molecule has 0 spiro atoms. The van der Waals surface area contributed by atoms with Gasteiger partial charge in [-0.15, -0.1) is 0 Å². The van der Waals surface area contributed by atoms with Crippen LogP contribution < -0.4 is 11.2 Å². The minimum Gasteiger partial charge on any atom is -0.435 e. The molecule has 1 aromatic rings. The van der Waals surface area contributed by atoms with Gasteiger partial charge in [0, 0.05) is 19.4 Å². The smallest absolute Gasteiger partial charge is 0.435 e. The summed E-state index contributed by atoms with van der Waals surface area (Å²) in [6, 6.07) is 0.853. The maximum Gasteiger partial charge on any atom is 0.510 e. The average molecular weight is 576 g/mol. The second-order valence-electron chi connectivity index (χ2n) is 7.25. The molecule has 0 saturated carbocycles. The van der Waals surface area contributed by atoms with E-state index < -0.39 is 75.7 Å². The summed E-state index contributed by atoms with van der Waals surface area (Å²) in [5, 5.41) is 21.7. The van der Waals surface area contributed by atoms with Crippen molar-refractivity contribution in [3.05, 3.63) is 33.1 Å². The van der Waals surface area contributed by atoms with Crippen molar-refractivity contribution in [3.8, 4) is 0 Å². The van der Waals surface area contributed by atoms with E-state index in [4.69, 9.17) is 18.3 Å². The van der Waals surface area contributed by atoms with Crippen LogP contribution in [0.5, 0.6) is 0 Å². The maximum absolute atomic E-state index is 14.3. The predicted molar refractivity (Wildman–Crippen MR) is 121 cm³/mol. The molecular weight excluding hydrogens is 546 g/mol. The number of nitrogens with one attached hydrogen (secondary N) is 1. The van der Waals surface area contributed by atoms with E-state index in [-0.39, 0.29) is 13.2 Å². The molecule has 0 unspecified atom stereocenters. The lowest BCUT2D eigenvalue weighted by atomic mass is 9.90. The van der Waals surface area contributed by atoms with E-state index >= 15 is 0 Å². The van der Waals surface area contributed by atoms with Crippen LogP contribution in [0.2, 0.25) is 0 Å². The number of aliphatic hydroxyl groups excluding tert-OH is 1. The predicted octanol–water partition coefficient (Wildman–Crippen LogP) is 0.336. The zero-order valence-corrected chi connectivity index (χ0v) is 21.8. The van der Waals surface area contributed by atoms with Gasteiger partial charge in [-0.1, -0.05) is 0 Å². The molecule has 0 radical (unpaired) electrons. The molecule has 0 fully saturated rings. The molecule has 0 aliphatic heterocycles. The van der Waals surface area contributed by atoms with Crippen LogP contribution in [0.3, 0.4) is 0 Å². The summed E-state index contributed by atoms with van der Waals surface area (Å²) in [7, 11) is -3.99. The SMILES string of the molecule is CCOC(=O)OCOP(=O)(OCOC(=O)OCC)OC[C@@](CF)(OC)[C@@H](O)[C@@](C)(O)n1ccc(=O)[nH]c1=O. The van der Waals surface area contributed by atoms with E-state index in [2.05, 4.69) is 18.9 Å². The lowest BCUT2D eigenvalue weighted by Gasteiger charge is -2.41. The number of rotatable bonds is 16. The number of H-pyrrole nitrogens is 1. The highest BCUT2D eigenvalue weighted by molar-refractivity contribution is 7.48. The molecule has 17 nitrogen and oxygen atoms in total. The number of aliphatic hydroxyl groups is 2. The average Bonchev–Trinajstić information content (AvgIpc) is 2.85. The minimum atomic E-state index is -4.89. The second-order valence-corrected chi connectivity index (χ2v) is 8.92. The van der Waals surface area contributed by atoms with E-state index in [9.17, 15) is 38.3 Å². The monoisotopic (exact) mass is 576 g/mol. The Morgan fingerprint density at radius 1 is 1.08 bits per heavy atom. The maximum atomic E-state index is 14.3. The largest absolute Gasteiger partial charge is 0.510 e. The molecule has 0 bridgehead atoms. The van der Waals surface area contributed by atoms with Crippen molar-refractivity contribution in [3.63, 3.8) is 0 Å². The van der Waals surface area contributed by atoms with E-state index in [1.54, 1.807) is 0 Å². The van der Waals surface area contributed by atoms with Gasteiger partial charge in [0.25, 0.3) is 5.56 Å². The van der Waals surface area contributed by atoms with Crippen LogP contribution in [-0.2, 0) is 47.5 Å². The van der Waals surface area contributed by atoms with Gasteiger partial charge in [0.15, 0.2) is 11.3 Å². The number of carbonyl (C=O) groups excluding carboxylic acids is 2. The number of ether oxygens (including phenoxy) is 5. The summed E-state index contributed by atoms with van der Waals surface area (Å²) in [5.74, 6) is 0. The summed E-state index contributed by atoms with van der Waals surface area (Å²) in [4.78, 5) is 48.0. The fourth-order valence-corrected chi connectivity index (χ4v) is 3.68. The summed E-state index contributed by atoms with van der Waals surface area (Å²) in [5.41, 5.74) is -7.13. The number of phosphoric ester groups is 1. The van der Waals surface area contributed by atoms with Crippen LogP contribution in [-0.4, -0.2) is 91.0 Å². The molecule has 1 aromatic heterocycles. The zero-order chi connectivity index (χ0) is 29.0. The first kappa shape index (κ1) is 33.2. The van der Waals surface area contributed by atoms with Crippen molar-refractivity contribution < 1.29 is 66.0 Å². The number of nitrogens with zero attached hydrogens (tertiary/aromatic N) is 1. The van der Waals surface area contributed by atoms with Gasteiger partial charge in [-0.3, -0.25) is 18.9 Å². The Kier molecular flexibility index (Phi) is 13.0. The molecule has 0 amide bonds. The van der Waals surface area contributed by atoms with Crippen LogP contribution in [0.25, 0.3) is 0 Å². The third-order valence-corrected chi connectivity index (χ3v) is 6.02. The Morgan fingerprint density at radius 3 is 2.03 bits per heavy atom. The standard InChI is InChI=1S/C19H30FN2O15P/c1-5-31-16(26)33-11-36-38(29,37-12-34-17(27)32-6-2)35-10-19(9-20,30-4)14(24)18(3,28)22-8-7-13(23)21-15(22)25/h7-8,14,24,28H,5-6,9-12H2,1-4H3,(H,21,23,25)/t14-,18+,19+/m0/s1. The van der Waals surface area contributed by atoms with Gasteiger partial charge in [-0.25, -0.2) is 32.4 Å². The summed E-state index contributed by atoms with van der Waals surface area (Å²) in [6.45, 7) is -1.17.